The minimum absolute atomic E-state index is 0.0763. The normalized spacial score (nSPS) is 23.6. The maximum absolute atomic E-state index is 14.3. The van der Waals surface area contributed by atoms with Crippen LogP contribution in [0.2, 0.25) is 5.02 Å². The van der Waals surface area contributed by atoms with Crippen molar-refractivity contribution in [2.45, 2.75) is 51.6 Å². The summed E-state index contributed by atoms with van der Waals surface area (Å²) >= 11 is 6.34. The topological polar surface area (TPSA) is 104 Å². The molecule has 0 bridgehead atoms. The van der Waals surface area contributed by atoms with Crippen LogP contribution < -0.4 is 15.8 Å². The van der Waals surface area contributed by atoms with E-state index >= 15 is 0 Å². The second-order valence-electron chi connectivity index (χ2n) is 10.1. The summed E-state index contributed by atoms with van der Waals surface area (Å²) in [5.74, 6) is -0.723. The van der Waals surface area contributed by atoms with Gasteiger partial charge in [-0.1, -0.05) is 48.7 Å². The van der Waals surface area contributed by atoms with Gasteiger partial charge in [-0.25, -0.2) is 9.78 Å². The van der Waals surface area contributed by atoms with Crippen LogP contribution >= 0.6 is 11.6 Å². The van der Waals surface area contributed by atoms with Gasteiger partial charge in [-0.05, 0) is 43.0 Å². The number of hydrogen-bond donors (Lipinski definition) is 1. The van der Waals surface area contributed by atoms with Crippen molar-refractivity contribution in [2.75, 3.05) is 11.4 Å². The number of nitrogens with one attached hydrogen (secondary N) is 1. The van der Waals surface area contributed by atoms with E-state index in [-0.39, 0.29) is 18.5 Å². The average Bonchev–Trinajstić information content (AvgIpc) is 3.14. The summed E-state index contributed by atoms with van der Waals surface area (Å²) in [6.45, 7) is 2.38. The number of rotatable bonds is 2. The predicted octanol–water partition coefficient (Wildman–Crippen LogP) is 3.23. The number of pyridine rings is 1. The lowest BCUT2D eigenvalue weighted by Crippen LogP contribution is -2.72. The summed E-state index contributed by atoms with van der Waals surface area (Å²) < 4.78 is 1.47. The highest BCUT2D eigenvalue weighted by Gasteiger charge is 2.62. The third-order valence-electron chi connectivity index (χ3n) is 7.95. The lowest BCUT2D eigenvalue weighted by molar-refractivity contribution is -0.154. The van der Waals surface area contributed by atoms with Crippen molar-refractivity contribution in [3.63, 3.8) is 0 Å². The first-order valence-corrected chi connectivity index (χ1v) is 12.9. The number of benzene rings is 1. The molecule has 190 valence electrons. The highest BCUT2D eigenvalue weighted by molar-refractivity contribution is 6.31. The molecule has 9 nitrogen and oxygen atoms in total. The van der Waals surface area contributed by atoms with Crippen molar-refractivity contribution in [3.05, 3.63) is 74.7 Å². The highest BCUT2D eigenvalue weighted by atomic mass is 35.5. The molecule has 2 unspecified atom stereocenters. The van der Waals surface area contributed by atoms with E-state index in [0.717, 1.165) is 29.7 Å². The fourth-order valence-electron chi connectivity index (χ4n) is 6.08. The molecular weight excluding hydrogens is 494 g/mol. The van der Waals surface area contributed by atoms with Gasteiger partial charge < -0.3 is 4.90 Å². The van der Waals surface area contributed by atoms with Crippen molar-refractivity contribution in [1.82, 2.24) is 19.6 Å². The van der Waals surface area contributed by atoms with Gasteiger partial charge in [-0.15, -0.1) is 0 Å². The Labute approximate surface area is 218 Å². The first kappa shape index (κ1) is 23.7. The van der Waals surface area contributed by atoms with Crippen molar-refractivity contribution >= 4 is 40.9 Å². The SMILES string of the molecule is Cc1cccn2c(=O)c3c(nc12)N1CCCCCC1C1(C3)C(=O)NC(=O)N(Cc2ccccc2Cl)C1=O. The molecule has 6 rings (SSSR count). The predicted molar refractivity (Wildman–Crippen MR) is 137 cm³/mol. The van der Waals surface area contributed by atoms with Crippen LogP contribution in [-0.2, 0) is 22.6 Å². The smallest absolute Gasteiger partial charge is 0.331 e. The molecule has 3 aliphatic heterocycles. The number of anilines is 1. The number of nitrogens with zero attached hydrogens (tertiary/aromatic N) is 4. The minimum Gasteiger partial charge on any atom is -0.352 e. The number of urea groups is 1. The lowest BCUT2D eigenvalue weighted by Gasteiger charge is -2.50. The van der Waals surface area contributed by atoms with Crippen LogP contribution in [0.25, 0.3) is 5.65 Å². The van der Waals surface area contributed by atoms with Crippen molar-refractivity contribution < 1.29 is 14.4 Å². The number of amides is 4. The molecule has 2 saturated heterocycles. The van der Waals surface area contributed by atoms with E-state index in [0.29, 0.717) is 40.6 Å². The molecule has 3 aliphatic rings. The summed E-state index contributed by atoms with van der Waals surface area (Å²) in [4.78, 5) is 62.6. The van der Waals surface area contributed by atoms with Gasteiger partial charge in [0.05, 0.1) is 18.2 Å². The second kappa shape index (κ2) is 8.69. The number of carbonyl (C=O) groups is 3. The van der Waals surface area contributed by atoms with E-state index in [2.05, 4.69) is 5.32 Å². The molecule has 1 N–H and O–H groups in total. The van der Waals surface area contributed by atoms with Gasteiger partial charge >= 0.3 is 6.03 Å². The van der Waals surface area contributed by atoms with Gasteiger partial charge in [0.25, 0.3) is 5.56 Å². The molecule has 5 heterocycles. The molecule has 2 fully saturated rings. The van der Waals surface area contributed by atoms with Crippen LogP contribution in [0.5, 0.6) is 0 Å². The van der Waals surface area contributed by atoms with Crippen molar-refractivity contribution in [2.24, 2.45) is 5.41 Å². The Bertz CT molecular complexity index is 1530. The van der Waals surface area contributed by atoms with Gasteiger partial charge in [-0.2, -0.15) is 0 Å². The lowest BCUT2D eigenvalue weighted by atomic mass is 9.68. The molecule has 4 amide bonds. The quantitative estimate of drug-likeness (QED) is 0.521. The maximum atomic E-state index is 14.3. The van der Waals surface area contributed by atoms with Gasteiger partial charge in [0.2, 0.25) is 11.8 Å². The van der Waals surface area contributed by atoms with Crippen LogP contribution in [-0.4, -0.2) is 44.7 Å². The molecule has 2 aromatic heterocycles. The summed E-state index contributed by atoms with van der Waals surface area (Å²) in [5, 5.41) is 2.86. The summed E-state index contributed by atoms with van der Waals surface area (Å²) in [6.07, 6.45) is 4.70. The van der Waals surface area contributed by atoms with E-state index < -0.39 is 29.3 Å². The Hall–Kier alpha value is -3.72. The molecule has 0 aliphatic carbocycles. The van der Waals surface area contributed by atoms with E-state index in [4.69, 9.17) is 16.6 Å². The largest absolute Gasteiger partial charge is 0.352 e. The zero-order chi connectivity index (χ0) is 25.9. The Morgan fingerprint density at radius 2 is 1.89 bits per heavy atom. The molecule has 0 radical (unpaired) electrons. The van der Waals surface area contributed by atoms with E-state index in [1.165, 1.54) is 4.40 Å². The molecule has 37 heavy (non-hydrogen) atoms. The zero-order valence-corrected chi connectivity index (χ0v) is 21.1. The summed E-state index contributed by atoms with van der Waals surface area (Å²) in [6, 6.07) is 9.33. The fraction of sp³-hybridized carbons (Fsp3) is 0.370. The fourth-order valence-corrected chi connectivity index (χ4v) is 6.28. The van der Waals surface area contributed by atoms with Gasteiger partial charge in [-0.3, -0.25) is 29.0 Å². The standard InChI is InChI=1S/C27H26ClN5O4/c1-16-8-7-13-32-21(16)29-22-18(23(32)34)14-27(20-11-3-2-6-12-31(20)22)24(35)30-26(37)33(25(27)36)15-17-9-4-5-10-19(17)28/h4-5,7-10,13,20H,2-3,6,11-12,14-15H2,1H3,(H,30,35,37). The monoisotopic (exact) mass is 519 g/mol. The molecule has 10 heteroatoms. The Morgan fingerprint density at radius 3 is 2.70 bits per heavy atom. The first-order valence-electron chi connectivity index (χ1n) is 12.5. The maximum Gasteiger partial charge on any atom is 0.331 e. The number of aromatic nitrogens is 2. The van der Waals surface area contributed by atoms with Crippen LogP contribution in [0.3, 0.4) is 0 Å². The second-order valence-corrected chi connectivity index (χ2v) is 10.5. The Morgan fingerprint density at radius 1 is 1.08 bits per heavy atom. The van der Waals surface area contributed by atoms with Gasteiger partial charge in [0, 0.05) is 24.2 Å². The van der Waals surface area contributed by atoms with E-state index in [1.54, 1.807) is 36.5 Å². The first-order chi connectivity index (χ1) is 17.8. The Balaban J connectivity index is 1.54. The number of halogens is 1. The van der Waals surface area contributed by atoms with Crippen molar-refractivity contribution in [1.29, 1.82) is 0 Å². The number of aryl methyl sites for hydroxylation is 1. The summed E-state index contributed by atoms with van der Waals surface area (Å²) in [5.41, 5.74) is 0.384. The van der Waals surface area contributed by atoms with Gasteiger partial charge in [0.15, 0.2) is 5.41 Å². The third-order valence-corrected chi connectivity index (χ3v) is 8.32. The minimum atomic E-state index is -1.63. The number of hydrogen-bond acceptors (Lipinski definition) is 6. The highest BCUT2D eigenvalue weighted by Crippen LogP contribution is 2.46. The Kier molecular flexibility index (Phi) is 5.56. The number of fused-ring (bicyclic) bond motifs is 5. The van der Waals surface area contributed by atoms with Crippen LogP contribution in [0.1, 0.15) is 42.4 Å². The number of imide groups is 2. The van der Waals surface area contributed by atoms with Gasteiger partial charge in [0.1, 0.15) is 11.5 Å². The average molecular weight is 520 g/mol. The number of barbiturate groups is 1. The third kappa shape index (κ3) is 3.48. The molecule has 0 saturated carbocycles. The zero-order valence-electron chi connectivity index (χ0n) is 20.4. The van der Waals surface area contributed by atoms with E-state index in [9.17, 15) is 19.2 Å². The number of carbonyl (C=O) groups excluding carboxylic acids is 3. The molecular formula is C27H26ClN5O4. The summed E-state index contributed by atoms with van der Waals surface area (Å²) in [7, 11) is 0. The van der Waals surface area contributed by atoms with E-state index in [1.807, 2.05) is 17.9 Å². The molecule has 1 aromatic carbocycles. The molecule has 2 atom stereocenters. The van der Waals surface area contributed by atoms with Crippen LogP contribution in [0.15, 0.2) is 47.4 Å². The van der Waals surface area contributed by atoms with Crippen LogP contribution in [0, 0.1) is 12.3 Å². The van der Waals surface area contributed by atoms with Crippen LogP contribution in [0.4, 0.5) is 10.6 Å². The van der Waals surface area contributed by atoms with Crippen molar-refractivity contribution in [3.8, 4) is 0 Å². The molecule has 3 aromatic rings. The molecule has 1 spiro atoms.